The molecule has 1 aliphatic rings. The van der Waals surface area contributed by atoms with Crippen LogP contribution in [-0.2, 0) is 4.79 Å². The summed E-state index contributed by atoms with van der Waals surface area (Å²) in [4.78, 5) is 32.1. The van der Waals surface area contributed by atoms with Gasteiger partial charge in [-0.2, -0.15) is 0 Å². The Morgan fingerprint density at radius 3 is 2.69 bits per heavy atom. The minimum atomic E-state index is -0.834. The summed E-state index contributed by atoms with van der Waals surface area (Å²) in [5, 5.41) is 23.7. The van der Waals surface area contributed by atoms with E-state index in [1.165, 1.54) is 6.33 Å². The highest BCUT2D eigenvalue weighted by molar-refractivity contribution is 9.10. The number of carbonyl (C=O) groups is 1. The van der Waals surface area contributed by atoms with Gasteiger partial charge in [0, 0.05) is 23.2 Å². The van der Waals surface area contributed by atoms with Crippen molar-refractivity contribution < 1.29 is 14.8 Å². The number of carboxylic acids is 1. The zero-order valence-corrected chi connectivity index (χ0v) is 15.2. The number of aliphatic carboxylic acids is 1. The van der Waals surface area contributed by atoms with Crippen LogP contribution in [0.1, 0.15) is 12.8 Å². The molecule has 1 aliphatic heterocycles. The molecule has 136 valence electrons. The number of hydrogen-bond acceptors (Lipinski definition) is 7. The lowest BCUT2D eigenvalue weighted by Crippen LogP contribution is -2.37. The third-order valence-corrected chi connectivity index (χ3v) is 4.71. The van der Waals surface area contributed by atoms with Gasteiger partial charge in [0.1, 0.15) is 6.33 Å². The minimum absolute atomic E-state index is 0.0958. The predicted octanol–water partition coefficient (Wildman–Crippen LogP) is 3.19. The number of carboxylic acid groups (broad SMARTS) is 1. The van der Waals surface area contributed by atoms with E-state index in [-0.39, 0.29) is 17.3 Å². The average Bonchev–Trinajstić information content (AvgIpc) is 2.61. The highest BCUT2D eigenvalue weighted by Gasteiger charge is 2.31. The largest absolute Gasteiger partial charge is 0.481 e. The van der Waals surface area contributed by atoms with Gasteiger partial charge in [-0.3, -0.25) is 14.9 Å². The fourth-order valence-corrected chi connectivity index (χ4v) is 3.30. The Morgan fingerprint density at radius 1 is 1.35 bits per heavy atom. The van der Waals surface area contributed by atoms with Crippen LogP contribution in [0.15, 0.2) is 35.1 Å². The van der Waals surface area contributed by atoms with E-state index in [2.05, 4.69) is 31.2 Å². The highest BCUT2D eigenvalue weighted by Crippen LogP contribution is 2.35. The third-order valence-electron chi connectivity index (χ3n) is 4.22. The summed E-state index contributed by atoms with van der Waals surface area (Å²) in [6, 6.07) is 7.20. The number of benzene rings is 1. The zero-order valence-electron chi connectivity index (χ0n) is 13.6. The third kappa shape index (κ3) is 3.90. The molecule has 1 aromatic carbocycles. The lowest BCUT2D eigenvalue weighted by Gasteiger charge is -2.30. The van der Waals surface area contributed by atoms with Crippen LogP contribution < -0.4 is 10.2 Å². The van der Waals surface area contributed by atoms with Gasteiger partial charge in [-0.1, -0.05) is 22.0 Å². The molecule has 2 aromatic rings. The van der Waals surface area contributed by atoms with Crippen molar-refractivity contribution in [3.8, 4) is 0 Å². The molecule has 0 bridgehead atoms. The Kier molecular flexibility index (Phi) is 5.31. The molecule has 3 rings (SSSR count). The SMILES string of the molecule is O=C(O)C1CCN(c2ncnc(Nc3cccc(Br)c3)c2[N+](=O)[O-])CC1. The van der Waals surface area contributed by atoms with E-state index in [0.717, 1.165) is 4.47 Å². The Bertz CT molecular complexity index is 839. The normalized spacial score (nSPS) is 14.9. The number of rotatable bonds is 5. The summed E-state index contributed by atoms with van der Waals surface area (Å²) in [5.41, 5.74) is 0.429. The number of hydrogen-bond donors (Lipinski definition) is 2. The molecule has 1 saturated heterocycles. The Morgan fingerprint density at radius 2 is 2.08 bits per heavy atom. The molecular formula is C16H16BrN5O4. The van der Waals surface area contributed by atoms with E-state index in [4.69, 9.17) is 5.11 Å². The van der Waals surface area contributed by atoms with Crippen LogP contribution >= 0.6 is 15.9 Å². The molecule has 0 atom stereocenters. The van der Waals surface area contributed by atoms with Crippen LogP contribution in [0.3, 0.4) is 0 Å². The van der Waals surface area contributed by atoms with E-state index in [1.54, 1.807) is 23.1 Å². The van der Waals surface area contributed by atoms with Crippen molar-refractivity contribution in [3.05, 3.63) is 45.2 Å². The first-order valence-corrected chi connectivity index (χ1v) is 8.74. The molecule has 2 N–H and O–H groups in total. The van der Waals surface area contributed by atoms with Gasteiger partial charge in [0.25, 0.3) is 0 Å². The van der Waals surface area contributed by atoms with Crippen LogP contribution in [0.4, 0.5) is 23.0 Å². The zero-order chi connectivity index (χ0) is 18.7. The summed E-state index contributed by atoms with van der Waals surface area (Å²) in [6.07, 6.45) is 2.11. The van der Waals surface area contributed by atoms with Gasteiger partial charge < -0.3 is 15.3 Å². The van der Waals surface area contributed by atoms with Crippen molar-refractivity contribution in [2.24, 2.45) is 5.92 Å². The van der Waals surface area contributed by atoms with Crippen LogP contribution in [-0.4, -0.2) is 39.1 Å². The molecule has 0 spiro atoms. The van der Waals surface area contributed by atoms with Crippen molar-refractivity contribution in [1.29, 1.82) is 0 Å². The number of piperidine rings is 1. The number of nitrogens with zero attached hydrogens (tertiary/aromatic N) is 4. The summed E-state index contributed by atoms with van der Waals surface area (Å²) in [5.74, 6) is -0.963. The molecule has 2 heterocycles. The second-order valence-corrected chi connectivity index (χ2v) is 6.80. The molecule has 0 radical (unpaired) electrons. The number of anilines is 3. The molecule has 0 amide bonds. The van der Waals surface area contributed by atoms with E-state index in [9.17, 15) is 14.9 Å². The predicted molar refractivity (Wildman–Crippen MR) is 98.7 cm³/mol. The molecule has 26 heavy (non-hydrogen) atoms. The fourth-order valence-electron chi connectivity index (χ4n) is 2.90. The Balaban J connectivity index is 1.89. The van der Waals surface area contributed by atoms with Crippen LogP contribution in [0.25, 0.3) is 0 Å². The first-order chi connectivity index (χ1) is 12.5. The summed E-state index contributed by atoms with van der Waals surface area (Å²) in [6.45, 7) is 0.788. The number of halogens is 1. The topological polar surface area (TPSA) is 121 Å². The summed E-state index contributed by atoms with van der Waals surface area (Å²) in [7, 11) is 0. The fraction of sp³-hybridized carbons (Fsp3) is 0.312. The second-order valence-electron chi connectivity index (χ2n) is 5.89. The molecule has 1 aromatic heterocycles. The van der Waals surface area contributed by atoms with Crippen molar-refractivity contribution in [2.45, 2.75) is 12.8 Å². The molecule has 0 saturated carbocycles. The van der Waals surface area contributed by atoms with Gasteiger partial charge in [-0.25, -0.2) is 9.97 Å². The number of nitro groups is 1. The van der Waals surface area contributed by atoms with Crippen molar-refractivity contribution >= 4 is 44.9 Å². The Labute approximate surface area is 157 Å². The number of nitrogens with one attached hydrogen (secondary N) is 1. The lowest BCUT2D eigenvalue weighted by atomic mass is 9.97. The molecule has 1 fully saturated rings. The van der Waals surface area contributed by atoms with Crippen molar-refractivity contribution in [3.63, 3.8) is 0 Å². The van der Waals surface area contributed by atoms with Gasteiger partial charge in [0.2, 0.25) is 11.6 Å². The lowest BCUT2D eigenvalue weighted by molar-refractivity contribution is -0.383. The number of aromatic nitrogens is 2. The van der Waals surface area contributed by atoms with E-state index in [1.807, 2.05) is 6.07 Å². The monoisotopic (exact) mass is 421 g/mol. The van der Waals surface area contributed by atoms with Gasteiger partial charge >= 0.3 is 11.7 Å². The average molecular weight is 422 g/mol. The first kappa shape index (κ1) is 18.1. The maximum absolute atomic E-state index is 11.7. The van der Waals surface area contributed by atoms with Gasteiger partial charge in [0.15, 0.2) is 0 Å². The van der Waals surface area contributed by atoms with E-state index in [0.29, 0.717) is 31.6 Å². The maximum atomic E-state index is 11.7. The summed E-state index contributed by atoms with van der Waals surface area (Å²) >= 11 is 3.35. The molecule has 0 unspecified atom stereocenters. The van der Waals surface area contributed by atoms with Gasteiger partial charge in [-0.15, -0.1) is 0 Å². The van der Waals surface area contributed by atoms with Gasteiger partial charge in [0.05, 0.1) is 10.8 Å². The van der Waals surface area contributed by atoms with Crippen LogP contribution in [0.5, 0.6) is 0 Å². The van der Waals surface area contributed by atoms with Crippen molar-refractivity contribution in [2.75, 3.05) is 23.3 Å². The van der Waals surface area contributed by atoms with Gasteiger partial charge in [-0.05, 0) is 31.0 Å². The molecular weight excluding hydrogens is 406 g/mol. The summed E-state index contributed by atoms with van der Waals surface area (Å²) < 4.78 is 0.829. The second kappa shape index (κ2) is 7.65. The molecule has 10 heteroatoms. The van der Waals surface area contributed by atoms with E-state index >= 15 is 0 Å². The van der Waals surface area contributed by atoms with Crippen LogP contribution in [0, 0.1) is 16.0 Å². The smallest absolute Gasteiger partial charge is 0.353 e. The Hall–Kier alpha value is -2.75. The maximum Gasteiger partial charge on any atom is 0.353 e. The minimum Gasteiger partial charge on any atom is -0.481 e. The van der Waals surface area contributed by atoms with E-state index < -0.39 is 16.8 Å². The molecule has 9 nitrogen and oxygen atoms in total. The highest BCUT2D eigenvalue weighted by atomic mass is 79.9. The van der Waals surface area contributed by atoms with Crippen LogP contribution in [0.2, 0.25) is 0 Å². The standard InChI is InChI=1S/C16H16BrN5O4/c17-11-2-1-3-12(8-11)20-14-13(22(25)26)15(19-9-18-14)21-6-4-10(5-7-21)16(23)24/h1-3,8-10H,4-7H2,(H,23,24)(H,18,19,20). The quantitative estimate of drug-likeness (QED) is 0.557. The van der Waals surface area contributed by atoms with Crippen molar-refractivity contribution in [1.82, 2.24) is 9.97 Å². The first-order valence-electron chi connectivity index (χ1n) is 7.95. The molecule has 0 aliphatic carbocycles.